The topological polar surface area (TPSA) is 12.0 Å². The van der Waals surface area contributed by atoms with E-state index in [-0.39, 0.29) is 0 Å². The predicted molar refractivity (Wildman–Crippen MR) is 85.6 cm³/mol. The van der Waals surface area contributed by atoms with Crippen molar-refractivity contribution in [1.82, 2.24) is 5.32 Å². The highest BCUT2D eigenvalue weighted by molar-refractivity contribution is 9.10. The summed E-state index contributed by atoms with van der Waals surface area (Å²) in [4.78, 5) is 0. The van der Waals surface area contributed by atoms with Gasteiger partial charge in [0.1, 0.15) is 0 Å². The summed E-state index contributed by atoms with van der Waals surface area (Å²) in [5.74, 6) is 0.485. The highest BCUT2D eigenvalue weighted by Crippen LogP contribution is 2.24. The number of benzene rings is 2. The minimum absolute atomic E-state index is 0.432. The number of hydrogen-bond acceptors (Lipinski definition) is 1. The lowest BCUT2D eigenvalue weighted by atomic mass is 9.89. The molecular weight excluding hydrogens is 298 g/mol. The fourth-order valence-corrected chi connectivity index (χ4v) is 2.87. The summed E-state index contributed by atoms with van der Waals surface area (Å²) in [6.07, 6.45) is 1.02. The third kappa shape index (κ3) is 3.68. The van der Waals surface area contributed by atoms with Gasteiger partial charge in [0.2, 0.25) is 0 Å². The Bertz CT molecular complexity index is 510. The molecular formula is C17H20BrN. The van der Waals surface area contributed by atoms with E-state index in [1.807, 2.05) is 7.05 Å². The van der Waals surface area contributed by atoms with Gasteiger partial charge in [-0.3, -0.25) is 0 Å². The highest BCUT2D eigenvalue weighted by atomic mass is 79.9. The molecule has 0 spiro atoms. The summed E-state index contributed by atoms with van der Waals surface area (Å²) in [6, 6.07) is 19.6. The van der Waals surface area contributed by atoms with Crippen molar-refractivity contribution in [3.8, 4) is 0 Å². The second kappa shape index (κ2) is 6.88. The third-order valence-corrected chi connectivity index (χ3v) is 4.47. The molecule has 2 atom stereocenters. The van der Waals surface area contributed by atoms with Gasteiger partial charge in [0.05, 0.1) is 0 Å². The molecule has 0 amide bonds. The molecule has 2 unspecified atom stereocenters. The van der Waals surface area contributed by atoms with Gasteiger partial charge in [-0.15, -0.1) is 0 Å². The summed E-state index contributed by atoms with van der Waals surface area (Å²) in [5.41, 5.74) is 2.73. The van der Waals surface area contributed by atoms with Gasteiger partial charge in [-0.05, 0) is 36.6 Å². The Morgan fingerprint density at radius 3 is 2.26 bits per heavy atom. The average Bonchev–Trinajstić information content (AvgIpc) is 2.47. The molecule has 100 valence electrons. The van der Waals surface area contributed by atoms with Gasteiger partial charge in [-0.1, -0.05) is 71.4 Å². The smallest absolute Gasteiger partial charge is 0.0207 e. The van der Waals surface area contributed by atoms with Gasteiger partial charge >= 0.3 is 0 Å². The summed E-state index contributed by atoms with van der Waals surface area (Å²) in [6.45, 7) is 2.29. The first-order chi connectivity index (χ1) is 9.22. The van der Waals surface area contributed by atoms with Gasteiger partial charge in [-0.25, -0.2) is 0 Å². The molecule has 1 nitrogen and oxygen atoms in total. The Balaban J connectivity index is 2.15. The average molecular weight is 318 g/mol. The monoisotopic (exact) mass is 317 g/mol. The van der Waals surface area contributed by atoms with E-state index in [1.165, 1.54) is 15.6 Å². The van der Waals surface area contributed by atoms with Crippen LogP contribution in [0.3, 0.4) is 0 Å². The molecule has 1 N–H and O–H groups in total. The van der Waals surface area contributed by atoms with E-state index in [4.69, 9.17) is 0 Å². The fourth-order valence-electron chi connectivity index (χ4n) is 2.42. The molecule has 0 bridgehead atoms. The van der Waals surface area contributed by atoms with Gasteiger partial charge in [0.15, 0.2) is 0 Å². The second-order valence-electron chi connectivity index (χ2n) is 4.89. The Kier molecular flexibility index (Phi) is 5.17. The lowest BCUT2D eigenvalue weighted by molar-refractivity contribution is 0.482. The van der Waals surface area contributed by atoms with Crippen LogP contribution in [0.4, 0.5) is 0 Å². The Hall–Kier alpha value is -1.12. The van der Waals surface area contributed by atoms with Crippen molar-refractivity contribution in [1.29, 1.82) is 0 Å². The molecule has 0 aromatic heterocycles. The van der Waals surface area contributed by atoms with Crippen molar-refractivity contribution in [3.63, 3.8) is 0 Å². The van der Waals surface area contributed by atoms with Crippen LogP contribution in [0, 0.1) is 0 Å². The van der Waals surface area contributed by atoms with Crippen molar-refractivity contribution >= 4 is 15.9 Å². The molecule has 0 saturated heterocycles. The highest BCUT2D eigenvalue weighted by Gasteiger charge is 2.18. The van der Waals surface area contributed by atoms with Crippen LogP contribution in [0.15, 0.2) is 59.1 Å². The predicted octanol–water partition coefficient (Wildman–Crippen LogP) is 4.38. The standard InChI is InChI=1S/C17H20BrN/c1-13(14-8-4-3-5-9-14)17(19-2)12-15-10-6-7-11-16(15)18/h3-11,13,17,19H,12H2,1-2H3. The lowest BCUT2D eigenvalue weighted by Crippen LogP contribution is -2.33. The van der Waals surface area contributed by atoms with Crippen LogP contribution in [0.25, 0.3) is 0 Å². The number of rotatable bonds is 5. The molecule has 2 aromatic rings. The quantitative estimate of drug-likeness (QED) is 0.862. The molecule has 0 saturated carbocycles. The second-order valence-corrected chi connectivity index (χ2v) is 5.74. The maximum absolute atomic E-state index is 3.63. The zero-order valence-electron chi connectivity index (χ0n) is 11.4. The van der Waals surface area contributed by atoms with Crippen molar-refractivity contribution in [3.05, 3.63) is 70.2 Å². The van der Waals surface area contributed by atoms with E-state index in [1.54, 1.807) is 0 Å². The maximum Gasteiger partial charge on any atom is 0.0207 e. The van der Waals surface area contributed by atoms with Crippen LogP contribution >= 0.6 is 15.9 Å². The molecule has 0 aliphatic rings. The van der Waals surface area contributed by atoms with E-state index in [0.717, 1.165) is 6.42 Å². The Morgan fingerprint density at radius 1 is 1.00 bits per heavy atom. The molecule has 2 aromatic carbocycles. The molecule has 2 rings (SSSR count). The fraction of sp³-hybridized carbons (Fsp3) is 0.294. The summed E-state index contributed by atoms with van der Waals surface area (Å²) < 4.78 is 1.19. The summed E-state index contributed by atoms with van der Waals surface area (Å²) in [7, 11) is 2.04. The zero-order valence-corrected chi connectivity index (χ0v) is 13.0. The first-order valence-corrected chi connectivity index (χ1v) is 7.47. The van der Waals surface area contributed by atoms with Crippen molar-refractivity contribution < 1.29 is 0 Å². The van der Waals surface area contributed by atoms with Crippen LogP contribution < -0.4 is 5.32 Å². The molecule has 2 heteroatoms. The van der Waals surface area contributed by atoms with Crippen LogP contribution in [0.2, 0.25) is 0 Å². The molecule has 19 heavy (non-hydrogen) atoms. The Morgan fingerprint density at radius 2 is 1.63 bits per heavy atom. The first-order valence-electron chi connectivity index (χ1n) is 6.68. The minimum atomic E-state index is 0.432. The number of hydrogen-bond donors (Lipinski definition) is 1. The number of halogens is 1. The van der Waals surface area contributed by atoms with E-state index >= 15 is 0 Å². The van der Waals surface area contributed by atoms with E-state index in [2.05, 4.69) is 82.8 Å². The van der Waals surface area contributed by atoms with Crippen LogP contribution in [0.5, 0.6) is 0 Å². The summed E-state index contributed by atoms with van der Waals surface area (Å²) >= 11 is 3.63. The van der Waals surface area contributed by atoms with Gasteiger partial charge in [-0.2, -0.15) is 0 Å². The SMILES string of the molecule is CNC(Cc1ccccc1Br)C(C)c1ccccc1. The molecule has 0 aliphatic heterocycles. The van der Waals surface area contributed by atoms with E-state index in [0.29, 0.717) is 12.0 Å². The van der Waals surface area contributed by atoms with Crippen LogP contribution in [-0.4, -0.2) is 13.1 Å². The molecule has 0 radical (unpaired) electrons. The summed E-state index contributed by atoms with van der Waals surface area (Å²) in [5, 5.41) is 3.46. The normalized spacial score (nSPS) is 14.1. The van der Waals surface area contributed by atoms with Gasteiger partial charge in [0, 0.05) is 10.5 Å². The van der Waals surface area contributed by atoms with Crippen LogP contribution in [0.1, 0.15) is 24.0 Å². The molecule has 0 aliphatic carbocycles. The number of likely N-dealkylation sites (N-methyl/N-ethyl adjacent to an activating group) is 1. The Labute approximate surface area is 124 Å². The number of nitrogens with one attached hydrogen (secondary N) is 1. The maximum atomic E-state index is 3.63. The molecule has 0 heterocycles. The van der Waals surface area contributed by atoms with Gasteiger partial charge in [0.25, 0.3) is 0 Å². The minimum Gasteiger partial charge on any atom is -0.316 e. The van der Waals surface area contributed by atoms with E-state index < -0.39 is 0 Å². The van der Waals surface area contributed by atoms with Gasteiger partial charge < -0.3 is 5.32 Å². The van der Waals surface area contributed by atoms with Crippen molar-refractivity contribution in [2.75, 3.05) is 7.05 Å². The largest absolute Gasteiger partial charge is 0.316 e. The first kappa shape index (κ1) is 14.3. The van der Waals surface area contributed by atoms with Crippen LogP contribution in [-0.2, 0) is 6.42 Å². The van der Waals surface area contributed by atoms with Crippen molar-refractivity contribution in [2.24, 2.45) is 0 Å². The lowest BCUT2D eigenvalue weighted by Gasteiger charge is -2.24. The zero-order chi connectivity index (χ0) is 13.7. The molecule has 0 fully saturated rings. The van der Waals surface area contributed by atoms with Crippen molar-refractivity contribution in [2.45, 2.75) is 25.3 Å². The van der Waals surface area contributed by atoms with E-state index in [9.17, 15) is 0 Å². The third-order valence-electron chi connectivity index (χ3n) is 3.70.